The van der Waals surface area contributed by atoms with Crippen LogP contribution in [0.15, 0.2) is 24.3 Å². The number of benzene rings is 1. The zero-order valence-corrected chi connectivity index (χ0v) is 7.49. The molecule has 0 saturated carbocycles. The van der Waals surface area contributed by atoms with Crippen molar-refractivity contribution in [2.45, 2.75) is 12.5 Å². The summed E-state index contributed by atoms with van der Waals surface area (Å²) in [6.07, 6.45) is 1.41. The first-order valence-corrected chi connectivity index (χ1v) is 4.57. The molecule has 3 nitrogen and oxygen atoms in total. The average Bonchev–Trinajstić information content (AvgIpc) is 2.62. The average molecular weight is 178 g/mol. The standard InChI is InChI=1S/C10H14N2O/c11-8-1-3-9(4-2-8)13-10-5-6-12-7-10/h1-4,10,12H,5-7,11H2/t10-/m0/s1. The Bertz CT molecular complexity index is 265. The van der Waals surface area contributed by atoms with Crippen LogP contribution in [0.4, 0.5) is 5.69 Å². The molecule has 0 bridgehead atoms. The topological polar surface area (TPSA) is 47.3 Å². The molecular formula is C10H14N2O. The van der Waals surface area contributed by atoms with E-state index in [0.29, 0.717) is 6.10 Å². The van der Waals surface area contributed by atoms with Gasteiger partial charge in [0.2, 0.25) is 0 Å². The van der Waals surface area contributed by atoms with Gasteiger partial charge in [0.1, 0.15) is 11.9 Å². The monoisotopic (exact) mass is 178 g/mol. The molecule has 0 aliphatic carbocycles. The van der Waals surface area contributed by atoms with Gasteiger partial charge in [0.05, 0.1) is 0 Å². The van der Waals surface area contributed by atoms with Gasteiger partial charge in [-0.3, -0.25) is 0 Å². The van der Waals surface area contributed by atoms with E-state index in [1.54, 1.807) is 0 Å². The third-order valence-electron chi connectivity index (χ3n) is 2.20. The molecule has 1 aliphatic rings. The van der Waals surface area contributed by atoms with Crippen molar-refractivity contribution in [3.05, 3.63) is 24.3 Å². The van der Waals surface area contributed by atoms with Crippen molar-refractivity contribution in [1.29, 1.82) is 0 Å². The van der Waals surface area contributed by atoms with E-state index < -0.39 is 0 Å². The van der Waals surface area contributed by atoms with Crippen LogP contribution in [-0.2, 0) is 0 Å². The van der Waals surface area contributed by atoms with Crippen molar-refractivity contribution in [2.75, 3.05) is 18.8 Å². The van der Waals surface area contributed by atoms with Gasteiger partial charge < -0.3 is 15.8 Å². The minimum atomic E-state index is 0.323. The number of nitrogens with two attached hydrogens (primary N) is 1. The summed E-state index contributed by atoms with van der Waals surface area (Å²) in [6, 6.07) is 7.54. The summed E-state index contributed by atoms with van der Waals surface area (Å²) in [7, 11) is 0. The molecule has 1 aliphatic heterocycles. The van der Waals surface area contributed by atoms with E-state index in [2.05, 4.69) is 5.32 Å². The van der Waals surface area contributed by atoms with E-state index in [1.165, 1.54) is 0 Å². The van der Waals surface area contributed by atoms with Gasteiger partial charge in [-0.1, -0.05) is 0 Å². The molecule has 3 heteroatoms. The Morgan fingerprint density at radius 2 is 2.08 bits per heavy atom. The quantitative estimate of drug-likeness (QED) is 0.664. The largest absolute Gasteiger partial charge is 0.489 e. The van der Waals surface area contributed by atoms with Crippen molar-refractivity contribution in [3.8, 4) is 5.75 Å². The third kappa shape index (κ3) is 2.12. The van der Waals surface area contributed by atoms with E-state index in [4.69, 9.17) is 10.5 Å². The molecule has 0 aromatic heterocycles. The first-order valence-electron chi connectivity index (χ1n) is 4.57. The number of nitrogen functional groups attached to an aromatic ring is 1. The Balaban J connectivity index is 1.97. The molecule has 0 unspecified atom stereocenters. The second-order valence-electron chi connectivity index (χ2n) is 3.30. The van der Waals surface area contributed by atoms with E-state index in [-0.39, 0.29) is 0 Å². The van der Waals surface area contributed by atoms with Crippen LogP contribution >= 0.6 is 0 Å². The number of hydrogen-bond acceptors (Lipinski definition) is 3. The minimum absolute atomic E-state index is 0.323. The van der Waals surface area contributed by atoms with E-state index in [1.807, 2.05) is 24.3 Å². The predicted molar refractivity (Wildman–Crippen MR) is 52.8 cm³/mol. The fraction of sp³-hybridized carbons (Fsp3) is 0.400. The number of nitrogens with one attached hydrogen (secondary N) is 1. The van der Waals surface area contributed by atoms with Crippen molar-refractivity contribution >= 4 is 5.69 Å². The van der Waals surface area contributed by atoms with Crippen LogP contribution in [-0.4, -0.2) is 19.2 Å². The molecule has 70 valence electrons. The summed E-state index contributed by atoms with van der Waals surface area (Å²) < 4.78 is 5.71. The van der Waals surface area contributed by atoms with Crippen molar-refractivity contribution in [1.82, 2.24) is 5.32 Å². The summed E-state index contributed by atoms with van der Waals surface area (Å²) in [4.78, 5) is 0. The van der Waals surface area contributed by atoms with Gasteiger partial charge in [-0.25, -0.2) is 0 Å². The smallest absolute Gasteiger partial charge is 0.119 e. The number of ether oxygens (including phenoxy) is 1. The van der Waals surface area contributed by atoms with Gasteiger partial charge in [-0.15, -0.1) is 0 Å². The van der Waals surface area contributed by atoms with Crippen LogP contribution in [0.5, 0.6) is 5.75 Å². The first-order chi connectivity index (χ1) is 6.34. The molecule has 1 fully saturated rings. The van der Waals surface area contributed by atoms with E-state index in [0.717, 1.165) is 30.9 Å². The molecule has 0 amide bonds. The van der Waals surface area contributed by atoms with Crippen LogP contribution in [0, 0.1) is 0 Å². The van der Waals surface area contributed by atoms with Gasteiger partial charge >= 0.3 is 0 Å². The number of hydrogen-bond donors (Lipinski definition) is 2. The lowest BCUT2D eigenvalue weighted by Crippen LogP contribution is -2.19. The molecular weight excluding hydrogens is 164 g/mol. The zero-order chi connectivity index (χ0) is 9.10. The van der Waals surface area contributed by atoms with E-state index in [9.17, 15) is 0 Å². The molecule has 0 radical (unpaired) electrons. The summed E-state index contributed by atoms with van der Waals surface area (Å²) in [5.74, 6) is 0.905. The molecule has 1 aromatic rings. The highest BCUT2D eigenvalue weighted by molar-refractivity contribution is 5.41. The normalized spacial score (nSPS) is 21.7. The molecule has 0 spiro atoms. The minimum Gasteiger partial charge on any atom is -0.489 e. The molecule has 3 N–H and O–H groups in total. The maximum absolute atomic E-state index is 5.71. The highest BCUT2D eigenvalue weighted by Crippen LogP contribution is 2.16. The molecule has 1 aromatic carbocycles. The van der Waals surface area contributed by atoms with Gasteiger partial charge in [-0.05, 0) is 37.2 Å². The van der Waals surface area contributed by atoms with Crippen LogP contribution < -0.4 is 15.8 Å². The molecule has 13 heavy (non-hydrogen) atoms. The second-order valence-corrected chi connectivity index (χ2v) is 3.30. The lowest BCUT2D eigenvalue weighted by Gasteiger charge is -2.11. The third-order valence-corrected chi connectivity index (χ3v) is 2.20. The maximum Gasteiger partial charge on any atom is 0.119 e. The summed E-state index contributed by atoms with van der Waals surface area (Å²) in [5.41, 5.74) is 6.34. The van der Waals surface area contributed by atoms with Crippen molar-refractivity contribution < 1.29 is 4.74 Å². The number of anilines is 1. The SMILES string of the molecule is Nc1ccc(O[C@H]2CCNC2)cc1. The van der Waals surface area contributed by atoms with Gasteiger partial charge in [-0.2, -0.15) is 0 Å². The Morgan fingerprint density at radius 3 is 2.69 bits per heavy atom. The van der Waals surface area contributed by atoms with Crippen LogP contribution in [0.3, 0.4) is 0 Å². The Morgan fingerprint density at radius 1 is 1.31 bits per heavy atom. The second kappa shape index (κ2) is 3.66. The molecule has 2 rings (SSSR count). The lowest BCUT2D eigenvalue weighted by atomic mass is 10.3. The maximum atomic E-state index is 5.71. The molecule has 1 saturated heterocycles. The van der Waals surface area contributed by atoms with Crippen LogP contribution in [0.25, 0.3) is 0 Å². The Kier molecular flexibility index (Phi) is 2.36. The van der Waals surface area contributed by atoms with Crippen molar-refractivity contribution in [2.24, 2.45) is 0 Å². The van der Waals surface area contributed by atoms with Crippen molar-refractivity contribution in [3.63, 3.8) is 0 Å². The lowest BCUT2D eigenvalue weighted by molar-refractivity contribution is 0.223. The van der Waals surface area contributed by atoms with Gasteiger partial charge in [0.15, 0.2) is 0 Å². The highest BCUT2D eigenvalue weighted by Gasteiger charge is 2.15. The van der Waals surface area contributed by atoms with Crippen LogP contribution in [0.1, 0.15) is 6.42 Å². The highest BCUT2D eigenvalue weighted by atomic mass is 16.5. The molecule has 1 atom stereocenters. The summed E-state index contributed by atoms with van der Waals surface area (Å²) in [6.45, 7) is 2.00. The van der Waals surface area contributed by atoms with E-state index >= 15 is 0 Å². The van der Waals surface area contributed by atoms with Crippen LogP contribution in [0.2, 0.25) is 0 Å². The van der Waals surface area contributed by atoms with Gasteiger partial charge in [0.25, 0.3) is 0 Å². The first kappa shape index (κ1) is 8.38. The summed E-state index contributed by atoms with van der Waals surface area (Å²) >= 11 is 0. The predicted octanol–water partition coefficient (Wildman–Crippen LogP) is 1.01. The van der Waals surface area contributed by atoms with Gasteiger partial charge in [0, 0.05) is 12.2 Å². The Hall–Kier alpha value is -1.22. The number of rotatable bonds is 2. The fourth-order valence-corrected chi connectivity index (χ4v) is 1.47. The zero-order valence-electron chi connectivity index (χ0n) is 7.49. The fourth-order valence-electron chi connectivity index (χ4n) is 1.47. The molecule has 1 heterocycles. The Labute approximate surface area is 77.9 Å². The summed E-state index contributed by atoms with van der Waals surface area (Å²) in [5, 5.41) is 3.25.